The lowest BCUT2D eigenvalue weighted by Gasteiger charge is -2.07. The number of sulfone groups is 1. The van der Waals surface area contributed by atoms with Gasteiger partial charge in [0.15, 0.2) is 0 Å². The van der Waals surface area contributed by atoms with Crippen LogP contribution in [0, 0.1) is 0 Å². The zero-order chi connectivity index (χ0) is 11.2. The molecule has 0 saturated heterocycles. The van der Waals surface area contributed by atoms with E-state index in [1.807, 2.05) is 0 Å². The Hall–Kier alpha value is -1.13. The predicted molar refractivity (Wildman–Crippen MR) is 57.9 cm³/mol. The fraction of sp³-hybridized carbons (Fsp3) is 0.273. The van der Waals surface area contributed by atoms with Crippen molar-refractivity contribution in [3.63, 3.8) is 0 Å². The van der Waals surface area contributed by atoms with Crippen LogP contribution in [-0.2, 0) is 9.84 Å². The van der Waals surface area contributed by atoms with E-state index in [-0.39, 0.29) is 0 Å². The van der Waals surface area contributed by atoms with Crippen molar-refractivity contribution in [1.82, 2.24) is 0 Å². The lowest BCUT2D eigenvalue weighted by molar-refractivity contribution is 0.199. The molecule has 0 amide bonds. The Morgan fingerprint density at radius 3 is 2.60 bits per heavy atom. The van der Waals surface area contributed by atoms with Crippen LogP contribution >= 0.6 is 0 Å². The molecule has 3 nitrogen and oxygen atoms in total. The molecule has 0 saturated carbocycles. The maximum Gasteiger partial charge on any atom is 0.200 e. The van der Waals surface area contributed by atoms with E-state index in [1.54, 1.807) is 32.0 Å². The zero-order valence-corrected chi connectivity index (χ0v) is 9.38. The molecule has 0 fully saturated rings. The topological polar surface area (TPSA) is 54.4 Å². The van der Waals surface area contributed by atoms with E-state index in [0.717, 1.165) is 11.1 Å². The van der Waals surface area contributed by atoms with E-state index >= 15 is 0 Å². The quantitative estimate of drug-likeness (QED) is 0.792. The van der Waals surface area contributed by atoms with Gasteiger partial charge in [-0.3, -0.25) is 0 Å². The van der Waals surface area contributed by atoms with Gasteiger partial charge in [0.05, 0.1) is 11.0 Å². The second-order valence-corrected chi connectivity index (χ2v) is 5.54. The molecular formula is C11H12O3S. The third-order valence-corrected chi connectivity index (χ3v) is 4.18. The molecule has 1 aliphatic heterocycles. The first-order chi connectivity index (χ1) is 6.92. The minimum absolute atomic E-state index is 0.337. The Morgan fingerprint density at radius 2 is 2.00 bits per heavy atom. The Kier molecular flexibility index (Phi) is 2.20. The van der Waals surface area contributed by atoms with Gasteiger partial charge in [0.25, 0.3) is 0 Å². The molecule has 0 spiro atoms. The van der Waals surface area contributed by atoms with Gasteiger partial charge < -0.3 is 5.11 Å². The average molecular weight is 224 g/mol. The van der Waals surface area contributed by atoms with E-state index in [4.69, 9.17) is 0 Å². The molecule has 1 aliphatic rings. The minimum atomic E-state index is -3.24. The summed E-state index contributed by atoms with van der Waals surface area (Å²) < 4.78 is 23.2. The SMILES string of the molecule is CC1=CS(=O)(=O)c2ccc(C(C)O)cc21. The first-order valence-corrected chi connectivity index (χ1v) is 6.22. The molecule has 0 aliphatic carbocycles. The molecule has 4 heteroatoms. The Morgan fingerprint density at radius 1 is 1.33 bits per heavy atom. The molecule has 1 N–H and O–H groups in total. The van der Waals surface area contributed by atoms with E-state index in [2.05, 4.69) is 0 Å². The highest BCUT2D eigenvalue weighted by atomic mass is 32.2. The fourth-order valence-electron chi connectivity index (χ4n) is 1.72. The van der Waals surface area contributed by atoms with Crippen molar-refractivity contribution >= 4 is 15.4 Å². The highest BCUT2D eigenvalue weighted by Gasteiger charge is 2.24. The van der Waals surface area contributed by atoms with Gasteiger partial charge in [-0.25, -0.2) is 8.42 Å². The molecule has 0 bridgehead atoms. The Labute approximate surface area is 89.0 Å². The summed E-state index contributed by atoms with van der Waals surface area (Å²) in [5, 5.41) is 10.7. The Balaban J connectivity index is 2.67. The number of benzene rings is 1. The van der Waals surface area contributed by atoms with Gasteiger partial charge in [0.1, 0.15) is 0 Å². The van der Waals surface area contributed by atoms with Crippen LogP contribution in [0.1, 0.15) is 31.1 Å². The van der Waals surface area contributed by atoms with E-state index < -0.39 is 15.9 Å². The molecule has 1 heterocycles. The molecular weight excluding hydrogens is 212 g/mol. The second-order valence-electron chi connectivity index (χ2n) is 3.78. The summed E-state index contributed by atoms with van der Waals surface area (Å²) in [5.74, 6) is 0. The molecule has 0 radical (unpaired) electrons. The van der Waals surface area contributed by atoms with Crippen LogP contribution in [0.25, 0.3) is 5.57 Å². The van der Waals surface area contributed by atoms with Gasteiger partial charge in [-0.05, 0) is 42.7 Å². The lowest BCUT2D eigenvalue weighted by Crippen LogP contribution is -1.96. The average Bonchev–Trinajstić information content (AvgIpc) is 2.37. The molecule has 1 unspecified atom stereocenters. The molecule has 1 aromatic rings. The number of hydrogen-bond donors (Lipinski definition) is 1. The lowest BCUT2D eigenvalue weighted by atomic mass is 10.0. The van der Waals surface area contributed by atoms with Crippen LogP contribution in [0.4, 0.5) is 0 Å². The van der Waals surface area contributed by atoms with E-state index in [1.165, 1.54) is 5.41 Å². The molecule has 80 valence electrons. The summed E-state index contributed by atoms with van der Waals surface area (Å²) >= 11 is 0. The standard InChI is InChI=1S/C11H12O3S/c1-7-6-15(13,14)11-4-3-9(8(2)12)5-10(7)11/h3-6,8,12H,1-2H3. The van der Waals surface area contributed by atoms with Crippen molar-refractivity contribution in [2.24, 2.45) is 0 Å². The minimum Gasteiger partial charge on any atom is -0.389 e. The zero-order valence-electron chi connectivity index (χ0n) is 8.56. The van der Waals surface area contributed by atoms with Crippen molar-refractivity contribution in [2.45, 2.75) is 24.8 Å². The van der Waals surface area contributed by atoms with Crippen LogP contribution < -0.4 is 0 Å². The summed E-state index contributed by atoms with van der Waals surface area (Å²) in [6, 6.07) is 4.93. The summed E-state index contributed by atoms with van der Waals surface area (Å²) in [4.78, 5) is 0.337. The predicted octanol–water partition coefficient (Wildman–Crippen LogP) is 1.89. The highest BCUT2D eigenvalue weighted by molar-refractivity contribution is 7.95. The normalized spacial score (nSPS) is 19.5. The molecule has 15 heavy (non-hydrogen) atoms. The molecule has 0 aromatic heterocycles. The van der Waals surface area contributed by atoms with Crippen molar-refractivity contribution in [2.75, 3.05) is 0 Å². The van der Waals surface area contributed by atoms with Crippen molar-refractivity contribution in [3.8, 4) is 0 Å². The Bertz CT molecular complexity index is 539. The number of aliphatic hydroxyl groups excluding tert-OH is 1. The summed E-state index contributed by atoms with van der Waals surface area (Å²) in [7, 11) is -3.24. The molecule has 2 rings (SSSR count). The van der Waals surface area contributed by atoms with Crippen LogP contribution in [0.3, 0.4) is 0 Å². The van der Waals surface area contributed by atoms with Crippen LogP contribution in [-0.4, -0.2) is 13.5 Å². The fourth-order valence-corrected chi connectivity index (χ4v) is 3.23. The number of hydrogen-bond acceptors (Lipinski definition) is 3. The van der Waals surface area contributed by atoms with Gasteiger partial charge in [0, 0.05) is 5.41 Å². The monoisotopic (exact) mass is 224 g/mol. The van der Waals surface area contributed by atoms with Crippen molar-refractivity contribution in [3.05, 3.63) is 34.7 Å². The molecule has 1 atom stereocenters. The number of rotatable bonds is 1. The van der Waals surface area contributed by atoms with Gasteiger partial charge in [-0.15, -0.1) is 0 Å². The maximum atomic E-state index is 11.6. The largest absolute Gasteiger partial charge is 0.389 e. The summed E-state index contributed by atoms with van der Waals surface area (Å²) in [6.45, 7) is 3.42. The maximum absolute atomic E-state index is 11.6. The van der Waals surface area contributed by atoms with Crippen LogP contribution in [0.2, 0.25) is 0 Å². The second kappa shape index (κ2) is 3.18. The number of fused-ring (bicyclic) bond motifs is 1. The van der Waals surface area contributed by atoms with Gasteiger partial charge in [-0.1, -0.05) is 6.07 Å². The van der Waals surface area contributed by atoms with Crippen LogP contribution in [0.5, 0.6) is 0 Å². The summed E-state index contributed by atoms with van der Waals surface area (Å²) in [6.07, 6.45) is -0.577. The van der Waals surface area contributed by atoms with Gasteiger partial charge in [-0.2, -0.15) is 0 Å². The first-order valence-electron chi connectivity index (χ1n) is 4.67. The molecule has 1 aromatic carbocycles. The third kappa shape index (κ3) is 1.60. The van der Waals surface area contributed by atoms with E-state index in [0.29, 0.717) is 10.5 Å². The number of allylic oxidation sites excluding steroid dienone is 1. The van der Waals surface area contributed by atoms with E-state index in [9.17, 15) is 13.5 Å². The smallest absolute Gasteiger partial charge is 0.200 e. The van der Waals surface area contributed by atoms with Gasteiger partial charge in [0.2, 0.25) is 9.84 Å². The van der Waals surface area contributed by atoms with Gasteiger partial charge >= 0.3 is 0 Å². The third-order valence-electron chi connectivity index (χ3n) is 2.55. The van der Waals surface area contributed by atoms with Crippen molar-refractivity contribution in [1.29, 1.82) is 0 Å². The van der Waals surface area contributed by atoms with Crippen LogP contribution in [0.15, 0.2) is 28.5 Å². The first kappa shape index (κ1) is 10.4. The summed E-state index contributed by atoms with van der Waals surface area (Å²) in [5.41, 5.74) is 2.17. The highest BCUT2D eigenvalue weighted by Crippen LogP contribution is 2.34. The van der Waals surface area contributed by atoms with Crippen molar-refractivity contribution < 1.29 is 13.5 Å². The number of aliphatic hydroxyl groups is 1.